The third kappa shape index (κ3) is 3.32. The maximum atomic E-state index is 12.3. The SMILES string of the molecule is COc1cccc(OC)c1C(=O)NCC1=CCCCC1. The first-order valence-corrected chi connectivity index (χ1v) is 6.93. The molecule has 0 bridgehead atoms. The zero-order chi connectivity index (χ0) is 14.4. The van der Waals surface area contributed by atoms with Crippen molar-refractivity contribution in [2.45, 2.75) is 25.7 Å². The van der Waals surface area contributed by atoms with Crippen LogP contribution in [0.25, 0.3) is 0 Å². The van der Waals surface area contributed by atoms with Gasteiger partial charge in [-0.25, -0.2) is 0 Å². The lowest BCUT2D eigenvalue weighted by atomic mass is 9.99. The quantitative estimate of drug-likeness (QED) is 0.840. The van der Waals surface area contributed by atoms with E-state index < -0.39 is 0 Å². The molecule has 2 rings (SSSR count). The van der Waals surface area contributed by atoms with Gasteiger partial charge >= 0.3 is 0 Å². The van der Waals surface area contributed by atoms with Crippen LogP contribution in [-0.2, 0) is 0 Å². The van der Waals surface area contributed by atoms with Crippen LogP contribution in [-0.4, -0.2) is 26.7 Å². The molecule has 0 unspecified atom stereocenters. The van der Waals surface area contributed by atoms with E-state index in [4.69, 9.17) is 9.47 Å². The first kappa shape index (κ1) is 14.4. The van der Waals surface area contributed by atoms with E-state index in [0.29, 0.717) is 23.6 Å². The zero-order valence-corrected chi connectivity index (χ0v) is 12.1. The lowest BCUT2D eigenvalue weighted by Crippen LogP contribution is -2.27. The standard InChI is InChI=1S/C16H21NO3/c1-19-13-9-6-10-14(20-2)15(13)16(18)17-11-12-7-4-3-5-8-12/h6-7,9-10H,3-5,8,11H2,1-2H3,(H,17,18). The minimum atomic E-state index is -0.161. The van der Waals surface area contributed by atoms with Crippen molar-refractivity contribution in [3.8, 4) is 11.5 Å². The normalized spacial score (nSPS) is 14.4. The van der Waals surface area contributed by atoms with Gasteiger partial charge in [0.05, 0.1) is 14.2 Å². The average Bonchev–Trinajstić information content (AvgIpc) is 2.52. The van der Waals surface area contributed by atoms with E-state index in [-0.39, 0.29) is 5.91 Å². The van der Waals surface area contributed by atoms with Crippen molar-refractivity contribution < 1.29 is 14.3 Å². The number of carbonyl (C=O) groups excluding carboxylic acids is 1. The van der Waals surface area contributed by atoms with Gasteiger partial charge in [0.2, 0.25) is 0 Å². The van der Waals surface area contributed by atoms with E-state index in [1.165, 1.54) is 18.4 Å². The third-order valence-electron chi connectivity index (χ3n) is 3.52. The number of amides is 1. The molecule has 1 N–H and O–H groups in total. The number of methoxy groups -OCH3 is 2. The van der Waals surface area contributed by atoms with Crippen LogP contribution in [0.2, 0.25) is 0 Å². The lowest BCUT2D eigenvalue weighted by molar-refractivity contribution is 0.0950. The van der Waals surface area contributed by atoms with E-state index in [1.54, 1.807) is 32.4 Å². The zero-order valence-electron chi connectivity index (χ0n) is 12.1. The fourth-order valence-corrected chi connectivity index (χ4v) is 2.42. The molecule has 0 saturated carbocycles. The first-order valence-electron chi connectivity index (χ1n) is 6.93. The largest absolute Gasteiger partial charge is 0.496 e. The molecule has 4 nitrogen and oxygen atoms in total. The number of hydrogen-bond acceptors (Lipinski definition) is 3. The summed E-state index contributed by atoms with van der Waals surface area (Å²) in [6.45, 7) is 0.597. The van der Waals surface area contributed by atoms with Gasteiger partial charge in [-0.05, 0) is 37.8 Å². The van der Waals surface area contributed by atoms with Gasteiger partial charge in [0, 0.05) is 6.54 Å². The second kappa shape index (κ2) is 6.98. The topological polar surface area (TPSA) is 47.6 Å². The van der Waals surface area contributed by atoms with Gasteiger partial charge in [0.1, 0.15) is 17.1 Å². The van der Waals surface area contributed by atoms with Gasteiger partial charge in [0.25, 0.3) is 5.91 Å². The lowest BCUT2D eigenvalue weighted by Gasteiger charge is -2.15. The number of carbonyl (C=O) groups is 1. The van der Waals surface area contributed by atoms with Gasteiger partial charge in [-0.15, -0.1) is 0 Å². The fourth-order valence-electron chi connectivity index (χ4n) is 2.42. The first-order chi connectivity index (χ1) is 9.76. The number of allylic oxidation sites excluding steroid dienone is 1. The molecule has 1 aliphatic rings. The van der Waals surface area contributed by atoms with Crippen LogP contribution in [0.4, 0.5) is 0 Å². The summed E-state index contributed by atoms with van der Waals surface area (Å²) >= 11 is 0. The van der Waals surface area contributed by atoms with Gasteiger partial charge < -0.3 is 14.8 Å². The molecule has 0 atom stereocenters. The van der Waals surface area contributed by atoms with Gasteiger partial charge in [-0.2, -0.15) is 0 Å². The molecule has 0 radical (unpaired) electrons. The highest BCUT2D eigenvalue weighted by Gasteiger charge is 2.18. The maximum Gasteiger partial charge on any atom is 0.259 e. The molecule has 1 aromatic rings. The average molecular weight is 275 g/mol. The minimum absolute atomic E-state index is 0.161. The Morgan fingerprint density at radius 3 is 2.45 bits per heavy atom. The van der Waals surface area contributed by atoms with Crippen molar-refractivity contribution in [1.29, 1.82) is 0 Å². The Hall–Kier alpha value is -1.97. The summed E-state index contributed by atoms with van der Waals surface area (Å²) in [7, 11) is 3.10. The summed E-state index contributed by atoms with van der Waals surface area (Å²) in [5, 5.41) is 2.95. The Morgan fingerprint density at radius 2 is 1.90 bits per heavy atom. The third-order valence-corrected chi connectivity index (χ3v) is 3.52. The maximum absolute atomic E-state index is 12.3. The Bertz CT molecular complexity index is 486. The van der Waals surface area contributed by atoms with E-state index in [0.717, 1.165) is 12.8 Å². The Labute approximate surface area is 119 Å². The Morgan fingerprint density at radius 1 is 1.20 bits per heavy atom. The highest BCUT2D eigenvalue weighted by Crippen LogP contribution is 2.28. The predicted octanol–water partition coefficient (Wildman–Crippen LogP) is 2.93. The summed E-state index contributed by atoms with van der Waals surface area (Å²) in [4.78, 5) is 12.3. The monoisotopic (exact) mass is 275 g/mol. The summed E-state index contributed by atoms with van der Waals surface area (Å²) in [6.07, 6.45) is 6.87. The van der Waals surface area contributed by atoms with Crippen LogP contribution < -0.4 is 14.8 Å². The predicted molar refractivity (Wildman–Crippen MR) is 78.4 cm³/mol. The smallest absolute Gasteiger partial charge is 0.259 e. The number of hydrogen-bond donors (Lipinski definition) is 1. The summed E-state index contributed by atoms with van der Waals surface area (Å²) in [5.74, 6) is 0.893. The molecular formula is C16H21NO3. The molecule has 1 amide bonds. The molecule has 108 valence electrons. The molecule has 1 aliphatic carbocycles. The highest BCUT2D eigenvalue weighted by atomic mass is 16.5. The van der Waals surface area contributed by atoms with Crippen LogP contribution in [0.3, 0.4) is 0 Å². The molecule has 0 aromatic heterocycles. The Balaban J connectivity index is 2.10. The number of nitrogens with one attached hydrogen (secondary N) is 1. The second-order valence-corrected chi connectivity index (χ2v) is 4.83. The molecule has 1 aromatic carbocycles. The van der Waals surface area contributed by atoms with Crippen LogP contribution in [0, 0.1) is 0 Å². The molecule has 4 heteroatoms. The van der Waals surface area contributed by atoms with E-state index >= 15 is 0 Å². The molecule has 0 aliphatic heterocycles. The summed E-state index contributed by atoms with van der Waals surface area (Å²) in [6, 6.07) is 5.33. The molecule has 0 fully saturated rings. The van der Waals surface area contributed by atoms with E-state index in [1.807, 2.05) is 0 Å². The van der Waals surface area contributed by atoms with Crippen molar-refractivity contribution in [3.63, 3.8) is 0 Å². The molecular weight excluding hydrogens is 254 g/mol. The van der Waals surface area contributed by atoms with E-state index in [9.17, 15) is 4.79 Å². The fraction of sp³-hybridized carbons (Fsp3) is 0.438. The number of benzene rings is 1. The van der Waals surface area contributed by atoms with Crippen molar-refractivity contribution in [2.24, 2.45) is 0 Å². The van der Waals surface area contributed by atoms with Gasteiger partial charge in [-0.3, -0.25) is 4.79 Å². The van der Waals surface area contributed by atoms with Crippen LogP contribution in [0.5, 0.6) is 11.5 Å². The van der Waals surface area contributed by atoms with Gasteiger partial charge in [0.15, 0.2) is 0 Å². The number of ether oxygens (including phenoxy) is 2. The van der Waals surface area contributed by atoms with Crippen molar-refractivity contribution in [3.05, 3.63) is 35.4 Å². The van der Waals surface area contributed by atoms with Crippen LogP contribution in [0.15, 0.2) is 29.8 Å². The summed E-state index contributed by atoms with van der Waals surface area (Å²) < 4.78 is 10.5. The minimum Gasteiger partial charge on any atom is -0.496 e. The van der Waals surface area contributed by atoms with Crippen LogP contribution in [0.1, 0.15) is 36.0 Å². The van der Waals surface area contributed by atoms with Crippen LogP contribution >= 0.6 is 0 Å². The molecule has 0 saturated heterocycles. The van der Waals surface area contributed by atoms with Crippen molar-refractivity contribution in [1.82, 2.24) is 5.32 Å². The van der Waals surface area contributed by atoms with Gasteiger partial charge in [-0.1, -0.05) is 17.7 Å². The Kier molecular flexibility index (Phi) is 5.04. The molecule has 0 spiro atoms. The highest BCUT2D eigenvalue weighted by molar-refractivity contribution is 5.99. The van der Waals surface area contributed by atoms with E-state index in [2.05, 4.69) is 11.4 Å². The van der Waals surface area contributed by atoms with Crippen molar-refractivity contribution >= 4 is 5.91 Å². The number of rotatable bonds is 5. The second-order valence-electron chi connectivity index (χ2n) is 4.83. The molecule has 20 heavy (non-hydrogen) atoms. The summed E-state index contributed by atoms with van der Waals surface area (Å²) in [5.41, 5.74) is 1.76. The molecule has 0 heterocycles. The van der Waals surface area contributed by atoms with Crippen molar-refractivity contribution in [2.75, 3.05) is 20.8 Å².